The molecule has 0 bridgehead atoms. The van der Waals surface area contributed by atoms with Crippen molar-refractivity contribution >= 4 is 27.5 Å². The van der Waals surface area contributed by atoms with E-state index < -0.39 is 21.5 Å². The predicted molar refractivity (Wildman–Crippen MR) is 129 cm³/mol. The summed E-state index contributed by atoms with van der Waals surface area (Å²) in [6.45, 7) is 7.77. The van der Waals surface area contributed by atoms with Crippen molar-refractivity contribution < 1.29 is 18.0 Å². The first-order valence-electron chi connectivity index (χ1n) is 11.3. The van der Waals surface area contributed by atoms with Crippen molar-refractivity contribution in [2.75, 3.05) is 24.5 Å². The summed E-state index contributed by atoms with van der Waals surface area (Å²) in [5, 5.41) is 2.93. The van der Waals surface area contributed by atoms with Crippen LogP contribution in [0.15, 0.2) is 59.5 Å². The third-order valence-corrected chi connectivity index (χ3v) is 7.80. The molecule has 1 N–H and O–H groups in total. The van der Waals surface area contributed by atoms with Gasteiger partial charge < -0.3 is 5.32 Å². The van der Waals surface area contributed by atoms with Crippen LogP contribution in [-0.2, 0) is 26.0 Å². The van der Waals surface area contributed by atoms with E-state index in [0.717, 1.165) is 22.7 Å². The summed E-state index contributed by atoms with van der Waals surface area (Å²) in [4.78, 5) is 28.5. The molecule has 0 aromatic heterocycles. The van der Waals surface area contributed by atoms with Crippen LogP contribution in [0.2, 0.25) is 0 Å². The largest absolute Gasteiger partial charge is 0.354 e. The van der Waals surface area contributed by atoms with Crippen LogP contribution in [0.1, 0.15) is 39.7 Å². The summed E-state index contributed by atoms with van der Waals surface area (Å²) in [5.41, 5.74) is 0.223. The first-order chi connectivity index (χ1) is 15.6. The van der Waals surface area contributed by atoms with Gasteiger partial charge in [0.15, 0.2) is 0 Å². The van der Waals surface area contributed by atoms with Crippen molar-refractivity contribution in [3.05, 3.63) is 60.2 Å². The number of nitrogens with one attached hydrogen (secondary N) is 1. The number of piperazine rings is 1. The van der Waals surface area contributed by atoms with E-state index in [1.807, 2.05) is 25.1 Å². The van der Waals surface area contributed by atoms with E-state index >= 15 is 0 Å². The molecule has 0 spiro atoms. The molecule has 3 rings (SSSR count). The van der Waals surface area contributed by atoms with Crippen LogP contribution in [0.5, 0.6) is 0 Å². The molecular weight excluding hydrogens is 438 g/mol. The molecule has 2 amide bonds. The van der Waals surface area contributed by atoms with Gasteiger partial charge in [0, 0.05) is 18.8 Å². The highest BCUT2D eigenvalue weighted by Gasteiger charge is 2.51. The van der Waals surface area contributed by atoms with E-state index in [-0.39, 0.29) is 23.9 Å². The highest BCUT2D eigenvalue weighted by molar-refractivity contribution is 7.89. The van der Waals surface area contributed by atoms with Crippen molar-refractivity contribution in [2.24, 2.45) is 5.92 Å². The van der Waals surface area contributed by atoms with E-state index in [4.69, 9.17) is 0 Å². The van der Waals surface area contributed by atoms with Gasteiger partial charge in [-0.2, -0.15) is 4.31 Å². The number of amides is 2. The third kappa shape index (κ3) is 5.28. The summed E-state index contributed by atoms with van der Waals surface area (Å²) in [6.07, 6.45) is 1.56. The SMILES string of the molecule is CCc1cccc(N2C(=O)CN(S(=O)(=O)c3ccccc3)C[C@]2(C)C(=O)NCCC(C)C)c1. The number of sulfonamides is 1. The Morgan fingerprint density at radius 3 is 2.45 bits per heavy atom. The normalized spacial score (nSPS) is 19.7. The molecule has 1 heterocycles. The second-order valence-corrected chi connectivity index (χ2v) is 11.0. The lowest BCUT2D eigenvalue weighted by molar-refractivity contribution is -0.132. The van der Waals surface area contributed by atoms with Crippen molar-refractivity contribution in [1.29, 1.82) is 0 Å². The predicted octanol–water partition coefficient (Wildman–Crippen LogP) is 3.21. The molecule has 1 fully saturated rings. The van der Waals surface area contributed by atoms with Gasteiger partial charge in [-0.3, -0.25) is 14.5 Å². The topological polar surface area (TPSA) is 86.8 Å². The highest BCUT2D eigenvalue weighted by Crippen LogP contribution is 2.32. The lowest BCUT2D eigenvalue weighted by Gasteiger charge is -2.46. The Morgan fingerprint density at radius 1 is 1.12 bits per heavy atom. The van der Waals surface area contributed by atoms with Crippen molar-refractivity contribution in [3.8, 4) is 0 Å². The molecule has 1 aliphatic heterocycles. The van der Waals surface area contributed by atoms with Crippen LogP contribution < -0.4 is 10.2 Å². The van der Waals surface area contributed by atoms with Crippen molar-refractivity contribution in [2.45, 2.75) is 51.0 Å². The number of rotatable bonds is 8. The average molecular weight is 472 g/mol. The molecule has 0 saturated carbocycles. The van der Waals surface area contributed by atoms with Gasteiger partial charge in [-0.25, -0.2) is 8.42 Å². The Morgan fingerprint density at radius 2 is 1.82 bits per heavy atom. The van der Waals surface area contributed by atoms with Gasteiger partial charge in [0.25, 0.3) is 0 Å². The van der Waals surface area contributed by atoms with Gasteiger partial charge in [-0.1, -0.05) is 51.1 Å². The Bertz CT molecular complexity index is 1100. The zero-order valence-corrected chi connectivity index (χ0v) is 20.6. The van der Waals surface area contributed by atoms with Gasteiger partial charge >= 0.3 is 0 Å². The Hall–Kier alpha value is -2.71. The lowest BCUT2D eigenvalue weighted by Crippen LogP contribution is -2.70. The molecule has 7 nitrogen and oxygen atoms in total. The average Bonchev–Trinajstić information content (AvgIpc) is 2.79. The molecule has 1 aliphatic rings. The molecule has 0 radical (unpaired) electrons. The zero-order valence-electron chi connectivity index (χ0n) is 19.7. The van der Waals surface area contributed by atoms with Crippen LogP contribution in [0.25, 0.3) is 0 Å². The number of anilines is 1. The van der Waals surface area contributed by atoms with E-state index in [1.54, 1.807) is 31.2 Å². The molecule has 33 heavy (non-hydrogen) atoms. The fourth-order valence-electron chi connectivity index (χ4n) is 4.06. The molecule has 0 unspecified atom stereocenters. The van der Waals surface area contributed by atoms with E-state index in [2.05, 4.69) is 19.2 Å². The molecule has 2 aromatic carbocycles. The molecule has 1 saturated heterocycles. The van der Waals surface area contributed by atoms with Gasteiger partial charge in [-0.15, -0.1) is 0 Å². The number of carbonyl (C=O) groups excluding carboxylic acids is 2. The fourth-order valence-corrected chi connectivity index (χ4v) is 5.56. The second kappa shape index (κ2) is 10.1. The quantitative estimate of drug-likeness (QED) is 0.641. The van der Waals surface area contributed by atoms with E-state index in [0.29, 0.717) is 18.2 Å². The first-order valence-corrected chi connectivity index (χ1v) is 12.8. The third-order valence-electron chi connectivity index (χ3n) is 5.99. The molecular formula is C25H33N3O4S. The standard InChI is InChI=1S/C25H33N3O4S/c1-5-20-10-9-11-21(16-20)28-23(29)17-27(33(31,32)22-12-7-6-8-13-22)18-25(28,4)24(30)26-15-14-19(2)3/h6-13,16,19H,5,14-15,17-18H2,1-4H3,(H,26,30)/t25-/m1/s1. The molecule has 178 valence electrons. The Kier molecular flexibility index (Phi) is 7.59. The minimum absolute atomic E-state index is 0.0989. The Balaban J connectivity index is 2.02. The fraction of sp³-hybridized carbons (Fsp3) is 0.440. The molecule has 8 heteroatoms. The summed E-state index contributed by atoms with van der Waals surface area (Å²) < 4.78 is 27.7. The first kappa shape index (κ1) is 24.9. The number of hydrogen-bond donors (Lipinski definition) is 1. The summed E-state index contributed by atoms with van der Waals surface area (Å²) in [7, 11) is -3.95. The number of carbonyl (C=O) groups is 2. The van der Waals surface area contributed by atoms with E-state index in [9.17, 15) is 18.0 Å². The molecule has 2 aromatic rings. The van der Waals surface area contributed by atoms with Crippen LogP contribution in [-0.4, -0.2) is 49.7 Å². The summed E-state index contributed by atoms with van der Waals surface area (Å²) in [5.74, 6) is -0.403. The summed E-state index contributed by atoms with van der Waals surface area (Å²) >= 11 is 0. The van der Waals surface area contributed by atoms with Gasteiger partial charge in [-0.05, 0) is 55.5 Å². The van der Waals surface area contributed by atoms with Gasteiger partial charge in [0.2, 0.25) is 21.8 Å². The zero-order chi connectivity index (χ0) is 24.2. The Labute approximate surface area is 196 Å². The molecule has 0 aliphatic carbocycles. The minimum Gasteiger partial charge on any atom is -0.354 e. The van der Waals surface area contributed by atoms with Gasteiger partial charge in [0.1, 0.15) is 5.54 Å². The lowest BCUT2D eigenvalue weighted by atomic mass is 9.94. The van der Waals surface area contributed by atoms with E-state index in [1.165, 1.54) is 17.0 Å². The maximum absolute atomic E-state index is 13.5. The second-order valence-electron chi connectivity index (χ2n) is 9.05. The van der Waals surface area contributed by atoms with Crippen LogP contribution in [0, 0.1) is 5.92 Å². The van der Waals surface area contributed by atoms with Gasteiger partial charge in [0.05, 0.1) is 11.4 Å². The number of aryl methyl sites for hydroxylation is 1. The maximum atomic E-state index is 13.5. The number of hydrogen-bond acceptors (Lipinski definition) is 4. The maximum Gasteiger partial charge on any atom is 0.247 e. The minimum atomic E-state index is -3.95. The number of nitrogens with zero attached hydrogens (tertiary/aromatic N) is 2. The van der Waals surface area contributed by atoms with Crippen LogP contribution in [0.3, 0.4) is 0 Å². The molecule has 1 atom stereocenters. The highest BCUT2D eigenvalue weighted by atomic mass is 32.2. The smallest absolute Gasteiger partial charge is 0.247 e. The number of benzene rings is 2. The van der Waals surface area contributed by atoms with Crippen LogP contribution in [0.4, 0.5) is 5.69 Å². The van der Waals surface area contributed by atoms with Crippen molar-refractivity contribution in [1.82, 2.24) is 9.62 Å². The monoisotopic (exact) mass is 471 g/mol. The van der Waals surface area contributed by atoms with Crippen molar-refractivity contribution in [3.63, 3.8) is 0 Å². The van der Waals surface area contributed by atoms with Crippen LogP contribution >= 0.6 is 0 Å². The summed E-state index contributed by atoms with van der Waals surface area (Å²) in [6, 6.07) is 15.5.